The fourth-order valence-electron chi connectivity index (χ4n) is 3.63. The minimum Gasteiger partial charge on any atom is -0.384 e. The van der Waals surface area contributed by atoms with Crippen LogP contribution in [-0.4, -0.2) is 25.7 Å². The molecule has 166 valence electrons. The summed E-state index contributed by atoms with van der Waals surface area (Å²) in [4.78, 5) is 12.8. The van der Waals surface area contributed by atoms with Crippen molar-refractivity contribution >= 4 is 28.5 Å². The molecule has 2 N–H and O–H groups in total. The van der Waals surface area contributed by atoms with Gasteiger partial charge in [0.05, 0.1) is 16.9 Å². The highest BCUT2D eigenvalue weighted by molar-refractivity contribution is 6.30. The lowest BCUT2D eigenvalue weighted by atomic mass is 9.91. The second-order valence-electron chi connectivity index (χ2n) is 8.74. The molecule has 3 aromatic rings. The molecule has 1 saturated carbocycles. The van der Waals surface area contributed by atoms with Crippen LogP contribution < -0.4 is 5.32 Å². The average molecular weight is 458 g/mol. The van der Waals surface area contributed by atoms with E-state index in [1.54, 1.807) is 12.1 Å². The first-order valence-electron chi connectivity index (χ1n) is 10.2. The number of halogens is 3. The van der Waals surface area contributed by atoms with Crippen LogP contribution >= 0.6 is 11.6 Å². The average Bonchev–Trinajstić information content (AvgIpc) is 3.54. The summed E-state index contributed by atoms with van der Waals surface area (Å²) < 4.78 is 29.3. The van der Waals surface area contributed by atoms with E-state index in [1.807, 2.05) is 6.92 Å². The molecule has 9 heteroatoms. The summed E-state index contributed by atoms with van der Waals surface area (Å²) >= 11 is 6.32. The van der Waals surface area contributed by atoms with Crippen LogP contribution in [0.1, 0.15) is 56.3 Å². The van der Waals surface area contributed by atoms with Crippen molar-refractivity contribution in [1.29, 1.82) is 5.26 Å². The first kappa shape index (κ1) is 22.3. The number of nitrogens with zero attached hydrogens (tertiary/aromatic N) is 4. The molecule has 0 saturated heterocycles. The van der Waals surface area contributed by atoms with Crippen molar-refractivity contribution in [2.75, 3.05) is 5.32 Å². The van der Waals surface area contributed by atoms with Crippen molar-refractivity contribution in [1.82, 2.24) is 15.0 Å². The molecule has 1 aliphatic rings. The molecule has 0 bridgehead atoms. The third-order valence-corrected chi connectivity index (χ3v) is 6.22. The summed E-state index contributed by atoms with van der Waals surface area (Å²) in [6.45, 7) is 3.98. The van der Waals surface area contributed by atoms with E-state index >= 15 is 0 Å². The van der Waals surface area contributed by atoms with E-state index in [1.165, 1.54) is 24.5 Å². The molecule has 0 spiro atoms. The number of hydrogen-bond donors (Lipinski definition) is 2. The highest BCUT2D eigenvalue weighted by Gasteiger charge is 2.48. The van der Waals surface area contributed by atoms with Gasteiger partial charge in [-0.15, -0.1) is 0 Å². The maximum Gasteiger partial charge on any atom is 0.300 e. The second kappa shape index (κ2) is 7.61. The zero-order chi connectivity index (χ0) is 23.3. The molecule has 1 fully saturated rings. The smallest absolute Gasteiger partial charge is 0.300 e. The van der Waals surface area contributed by atoms with E-state index in [0.29, 0.717) is 40.8 Å². The summed E-state index contributed by atoms with van der Waals surface area (Å²) in [6, 6.07) is 9.63. The minimum atomic E-state index is -3.42. The van der Waals surface area contributed by atoms with Crippen molar-refractivity contribution < 1.29 is 13.9 Å². The zero-order valence-electron chi connectivity index (χ0n) is 17.8. The maximum absolute atomic E-state index is 14.6. The molecule has 0 aliphatic heterocycles. The number of aliphatic hydroxyl groups is 1. The molecule has 6 nitrogen and oxygen atoms in total. The predicted molar refractivity (Wildman–Crippen MR) is 118 cm³/mol. The third-order valence-electron chi connectivity index (χ3n) is 5.93. The van der Waals surface area contributed by atoms with Gasteiger partial charge in [0.15, 0.2) is 5.65 Å². The molecule has 2 heterocycles. The largest absolute Gasteiger partial charge is 0.384 e. The van der Waals surface area contributed by atoms with Crippen LogP contribution in [0.15, 0.2) is 36.7 Å². The molecule has 2 aromatic heterocycles. The standard InChI is InChI=1S/C23H22ClF2N5O/c1-13(14-5-4-6-15(9-14)23(25,26)21(2,3)32)30-19-16-10-17(22(11-27)7-8-22)18(24)31-20(16)29-12-28-19/h4-6,9-10,12-13,32H,7-8H2,1-3H3,(H,28,29,30,31)/t13-/m1/s1. The van der Waals surface area contributed by atoms with Crippen molar-refractivity contribution in [2.24, 2.45) is 0 Å². The molecule has 0 radical (unpaired) electrons. The van der Waals surface area contributed by atoms with Crippen LogP contribution in [0.5, 0.6) is 0 Å². The Morgan fingerprint density at radius 1 is 1.25 bits per heavy atom. The van der Waals surface area contributed by atoms with Crippen molar-refractivity contribution in [3.63, 3.8) is 0 Å². The lowest BCUT2D eigenvalue weighted by molar-refractivity contribution is -0.168. The van der Waals surface area contributed by atoms with Crippen LogP contribution in [0.4, 0.5) is 14.6 Å². The van der Waals surface area contributed by atoms with Gasteiger partial charge >= 0.3 is 5.92 Å². The highest BCUT2D eigenvalue weighted by Crippen LogP contribution is 2.50. The summed E-state index contributed by atoms with van der Waals surface area (Å²) in [5.41, 5.74) is -1.49. The lowest BCUT2D eigenvalue weighted by Gasteiger charge is -2.30. The first-order chi connectivity index (χ1) is 15.0. The maximum atomic E-state index is 14.6. The predicted octanol–water partition coefficient (Wildman–Crippen LogP) is 5.27. The van der Waals surface area contributed by atoms with Crippen molar-refractivity contribution in [3.8, 4) is 6.07 Å². The monoisotopic (exact) mass is 457 g/mol. The number of hydrogen-bond acceptors (Lipinski definition) is 6. The molecule has 32 heavy (non-hydrogen) atoms. The van der Waals surface area contributed by atoms with Gasteiger partial charge in [-0.2, -0.15) is 14.0 Å². The number of rotatable bonds is 6. The summed E-state index contributed by atoms with van der Waals surface area (Å²) in [5.74, 6) is -2.96. The van der Waals surface area contributed by atoms with Crippen molar-refractivity contribution in [2.45, 2.75) is 56.6 Å². The Kier molecular flexibility index (Phi) is 5.30. The van der Waals surface area contributed by atoms with Gasteiger partial charge in [0.2, 0.25) is 0 Å². The molecular weight excluding hydrogens is 436 g/mol. The molecule has 1 aromatic carbocycles. The van der Waals surface area contributed by atoms with Crippen molar-refractivity contribution in [3.05, 3.63) is 58.5 Å². The van der Waals surface area contributed by atoms with Gasteiger partial charge in [-0.3, -0.25) is 0 Å². The molecular formula is C23H22ClF2N5O. The van der Waals surface area contributed by atoms with E-state index in [4.69, 9.17) is 11.6 Å². The Morgan fingerprint density at radius 2 is 1.97 bits per heavy atom. The number of pyridine rings is 1. The number of fused-ring (bicyclic) bond motifs is 1. The van der Waals surface area contributed by atoms with E-state index < -0.39 is 23.0 Å². The normalized spacial score (nSPS) is 16.4. The molecule has 1 atom stereocenters. The van der Waals surface area contributed by atoms with Crippen LogP contribution in [0, 0.1) is 11.3 Å². The van der Waals surface area contributed by atoms with Crippen LogP contribution in [0.25, 0.3) is 11.0 Å². The quantitative estimate of drug-likeness (QED) is 0.490. The minimum absolute atomic E-state index is 0.246. The molecule has 0 amide bonds. The summed E-state index contributed by atoms with van der Waals surface area (Å²) in [5, 5.41) is 23.5. The van der Waals surface area contributed by atoms with Gasteiger partial charge in [-0.25, -0.2) is 15.0 Å². The Hall–Kier alpha value is -2.89. The topological polar surface area (TPSA) is 94.7 Å². The number of anilines is 1. The van der Waals surface area contributed by atoms with Crippen LogP contribution in [-0.2, 0) is 11.3 Å². The fourth-order valence-corrected chi connectivity index (χ4v) is 3.94. The second-order valence-corrected chi connectivity index (χ2v) is 9.10. The lowest BCUT2D eigenvalue weighted by Crippen LogP contribution is -2.40. The van der Waals surface area contributed by atoms with E-state index in [2.05, 4.69) is 26.3 Å². The molecule has 4 rings (SSSR count). The SMILES string of the molecule is C[C@@H](Nc1ncnc2nc(Cl)c(C3(C#N)CC3)cc12)c1cccc(C(F)(F)C(C)(C)O)c1. The van der Waals surface area contributed by atoms with Gasteiger partial charge in [0, 0.05) is 17.2 Å². The van der Waals surface area contributed by atoms with Crippen LogP contribution in [0.3, 0.4) is 0 Å². The Labute approximate surface area is 189 Å². The Balaban J connectivity index is 1.69. The fraction of sp³-hybridized carbons (Fsp3) is 0.391. The van der Waals surface area contributed by atoms with Gasteiger partial charge in [0.25, 0.3) is 0 Å². The first-order valence-corrected chi connectivity index (χ1v) is 10.6. The number of nitriles is 1. The third kappa shape index (κ3) is 3.76. The van der Waals surface area contributed by atoms with Gasteiger partial charge in [0.1, 0.15) is 22.9 Å². The number of nitrogens with one attached hydrogen (secondary N) is 1. The number of benzene rings is 1. The van der Waals surface area contributed by atoms with Gasteiger partial charge in [-0.1, -0.05) is 29.8 Å². The molecule has 0 unspecified atom stereocenters. The highest BCUT2D eigenvalue weighted by atomic mass is 35.5. The number of aromatic nitrogens is 3. The van der Waals surface area contributed by atoms with Gasteiger partial charge < -0.3 is 10.4 Å². The van der Waals surface area contributed by atoms with Crippen LogP contribution in [0.2, 0.25) is 5.15 Å². The Bertz CT molecular complexity index is 1230. The van der Waals surface area contributed by atoms with E-state index in [0.717, 1.165) is 13.8 Å². The summed E-state index contributed by atoms with van der Waals surface area (Å²) in [7, 11) is 0. The van der Waals surface area contributed by atoms with Gasteiger partial charge in [-0.05, 0) is 51.3 Å². The van der Waals surface area contributed by atoms with E-state index in [9.17, 15) is 19.1 Å². The summed E-state index contributed by atoms with van der Waals surface area (Å²) in [6.07, 6.45) is 2.77. The Morgan fingerprint density at radius 3 is 2.59 bits per heavy atom. The number of alkyl halides is 2. The zero-order valence-corrected chi connectivity index (χ0v) is 18.6. The molecule has 1 aliphatic carbocycles. The van der Waals surface area contributed by atoms with E-state index in [-0.39, 0.29) is 10.7 Å².